The second-order valence-electron chi connectivity index (χ2n) is 5.56. The number of hydrogen-bond donors (Lipinski definition) is 1. The molecular formula is C17H17ClFN2O. The summed E-state index contributed by atoms with van der Waals surface area (Å²) in [5.41, 5.74) is 4.53. The van der Waals surface area contributed by atoms with Crippen molar-refractivity contribution in [2.24, 2.45) is 7.05 Å². The number of amides is 1. The van der Waals surface area contributed by atoms with Crippen molar-refractivity contribution in [2.75, 3.05) is 5.32 Å². The van der Waals surface area contributed by atoms with Gasteiger partial charge in [-0.1, -0.05) is 11.6 Å². The van der Waals surface area contributed by atoms with E-state index in [1.807, 2.05) is 18.5 Å². The number of nitrogens with zero attached hydrogens (tertiary/aromatic N) is 1. The average Bonchev–Trinajstić information content (AvgIpc) is 2.75. The fraction of sp³-hybridized carbons (Fsp3) is 0.294. The zero-order chi connectivity index (χ0) is 15.9. The molecule has 22 heavy (non-hydrogen) atoms. The number of halogens is 2. The van der Waals surface area contributed by atoms with Crippen molar-refractivity contribution in [3.05, 3.63) is 58.0 Å². The van der Waals surface area contributed by atoms with Gasteiger partial charge in [0.1, 0.15) is 11.5 Å². The molecule has 1 heterocycles. The zero-order valence-corrected chi connectivity index (χ0v) is 13.3. The molecule has 1 amide bonds. The second-order valence-corrected chi connectivity index (χ2v) is 5.97. The van der Waals surface area contributed by atoms with Gasteiger partial charge in [0.25, 0.3) is 5.91 Å². The molecule has 1 N–H and O–H groups in total. The maximum absolute atomic E-state index is 13.2. The molecule has 1 aromatic heterocycles. The highest BCUT2D eigenvalue weighted by molar-refractivity contribution is 6.31. The minimum atomic E-state index is -0.499. The van der Waals surface area contributed by atoms with E-state index in [4.69, 9.17) is 11.6 Å². The normalized spacial score (nSPS) is 13.8. The van der Waals surface area contributed by atoms with Crippen LogP contribution in [0.4, 0.5) is 10.1 Å². The van der Waals surface area contributed by atoms with Gasteiger partial charge in [0.2, 0.25) is 0 Å². The number of carbonyl (C=O) groups excluding carboxylic acids is 1. The van der Waals surface area contributed by atoms with E-state index >= 15 is 0 Å². The molecule has 0 unspecified atom stereocenters. The molecule has 1 aliphatic carbocycles. The Labute approximate surface area is 134 Å². The van der Waals surface area contributed by atoms with Crippen molar-refractivity contribution in [1.82, 2.24) is 4.57 Å². The van der Waals surface area contributed by atoms with Crippen LogP contribution in [0.2, 0.25) is 5.02 Å². The SMILES string of the molecule is Cc1c2c(c(C(=O)Nc3ccc(F)c(Cl)c3)n1C)CCC[CH]2. The Hall–Kier alpha value is -1.81. The summed E-state index contributed by atoms with van der Waals surface area (Å²) in [6.45, 7) is 2.02. The standard InChI is InChI=1S/C17H17ClFN2O/c1-10-12-5-3-4-6-13(12)16(21(10)2)17(22)20-11-7-8-15(19)14(18)9-11/h5,7-9H,3-4,6H2,1-2H3,(H,20,22). The lowest BCUT2D eigenvalue weighted by Gasteiger charge is -2.13. The lowest BCUT2D eigenvalue weighted by atomic mass is 9.92. The molecule has 0 saturated carbocycles. The smallest absolute Gasteiger partial charge is 0.272 e. The van der Waals surface area contributed by atoms with Crippen LogP contribution in [0.3, 0.4) is 0 Å². The predicted molar refractivity (Wildman–Crippen MR) is 85.9 cm³/mol. The lowest BCUT2D eigenvalue weighted by molar-refractivity contribution is 0.101. The summed E-state index contributed by atoms with van der Waals surface area (Å²) in [6.07, 6.45) is 5.20. The van der Waals surface area contributed by atoms with Crippen molar-refractivity contribution in [1.29, 1.82) is 0 Å². The fourth-order valence-electron chi connectivity index (χ4n) is 3.00. The molecule has 3 rings (SSSR count). The van der Waals surface area contributed by atoms with E-state index < -0.39 is 5.82 Å². The minimum absolute atomic E-state index is 0.00350. The molecule has 1 aromatic carbocycles. The van der Waals surface area contributed by atoms with E-state index in [9.17, 15) is 9.18 Å². The van der Waals surface area contributed by atoms with Crippen LogP contribution < -0.4 is 5.32 Å². The summed E-state index contributed by atoms with van der Waals surface area (Å²) in [6, 6.07) is 4.17. The second kappa shape index (κ2) is 5.76. The molecule has 5 heteroatoms. The minimum Gasteiger partial charge on any atom is -0.343 e. The van der Waals surface area contributed by atoms with Gasteiger partial charge in [-0.25, -0.2) is 4.39 Å². The predicted octanol–water partition coefficient (Wildman–Crippen LogP) is 4.27. The highest BCUT2D eigenvalue weighted by Gasteiger charge is 2.25. The first-order valence-corrected chi connectivity index (χ1v) is 7.64. The van der Waals surface area contributed by atoms with E-state index in [1.165, 1.54) is 23.8 Å². The van der Waals surface area contributed by atoms with Crippen LogP contribution in [0.1, 0.15) is 40.2 Å². The van der Waals surface area contributed by atoms with Crippen LogP contribution >= 0.6 is 11.6 Å². The highest BCUT2D eigenvalue weighted by Crippen LogP contribution is 2.31. The number of nitrogens with one attached hydrogen (secondary N) is 1. The van der Waals surface area contributed by atoms with Crippen molar-refractivity contribution < 1.29 is 9.18 Å². The molecule has 2 aromatic rings. The van der Waals surface area contributed by atoms with Crippen LogP contribution in [0.5, 0.6) is 0 Å². The molecule has 0 aliphatic heterocycles. The summed E-state index contributed by atoms with van der Waals surface area (Å²) < 4.78 is 15.1. The molecule has 3 nitrogen and oxygen atoms in total. The van der Waals surface area contributed by atoms with Gasteiger partial charge in [-0.2, -0.15) is 0 Å². The van der Waals surface area contributed by atoms with Crippen molar-refractivity contribution >= 4 is 23.2 Å². The third-order valence-corrected chi connectivity index (χ3v) is 4.50. The topological polar surface area (TPSA) is 34.0 Å². The van der Waals surface area contributed by atoms with Gasteiger partial charge in [-0.3, -0.25) is 4.79 Å². The Morgan fingerprint density at radius 2 is 2.18 bits per heavy atom. The van der Waals surface area contributed by atoms with Gasteiger partial charge in [0.15, 0.2) is 0 Å². The third-order valence-electron chi connectivity index (χ3n) is 4.21. The largest absolute Gasteiger partial charge is 0.343 e. The Morgan fingerprint density at radius 1 is 1.41 bits per heavy atom. The summed E-state index contributed by atoms with van der Waals surface area (Å²) in [7, 11) is 1.90. The Balaban J connectivity index is 1.94. The van der Waals surface area contributed by atoms with E-state index in [0.717, 1.165) is 30.5 Å². The zero-order valence-electron chi connectivity index (χ0n) is 12.5. The van der Waals surface area contributed by atoms with Crippen LogP contribution in [-0.4, -0.2) is 10.5 Å². The van der Waals surface area contributed by atoms with Gasteiger partial charge >= 0.3 is 0 Å². The Bertz CT molecular complexity index is 752. The average molecular weight is 320 g/mol. The highest BCUT2D eigenvalue weighted by atomic mass is 35.5. The summed E-state index contributed by atoms with van der Waals surface area (Å²) >= 11 is 5.76. The lowest BCUT2D eigenvalue weighted by Crippen LogP contribution is -2.18. The van der Waals surface area contributed by atoms with Crippen LogP contribution in [0.25, 0.3) is 0 Å². The number of benzene rings is 1. The van der Waals surface area contributed by atoms with E-state index in [-0.39, 0.29) is 10.9 Å². The van der Waals surface area contributed by atoms with Crippen molar-refractivity contribution in [2.45, 2.75) is 26.2 Å². The third kappa shape index (κ3) is 2.52. The maximum Gasteiger partial charge on any atom is 0.272 e. The first-order chi connectivity index (χ1) is 10.5. The fourth-order valence-corrected chi connectivity index (χ4v) is 3.18. The van der Waals surface area contributed by atoms with Gasteiger partial charge in [-0.15, -0.1) is 0 Å². The number of hydrogen-bond acceptors (Lipinski definition) is 1. The van der Waals surface area contributed by atoms with Gasteiger partial charge in [0, 0.05) is 18.4 Å². The number of rotatable bonds is 2. The number of carbonyl (C=O) groups is 1. The van der Waals surface area contributed by atoms with Crippen molar-refractivity contribution in [3.8, 4) is 0 Å². The first-order valence-electron chi connectivity index (χ1n) is 7.27. The quantitative estimate of drug-likeness (QED) is 0.881. The summed E-state index contributed by atoms with van der Waals surface area (Å²) in [5.74, 6) is -0.689. The van der Waals surface area contributed by atoms with Gasteiger partial charge in [0.05, 0.1) is 5.02 Å². The molecule has 1 radical (unpaired) electrons. The maximum atomic E-state index is 13.2. The van der Waals surface area contributed by atoms with Gasteiger partial charge < -0.3 is 9.88 Å². The number of aromatic nitrogens is 1. The summed E-state index contributed by atoms with van der Waals surface area (Å²) in [4.78, 5) is 12.6. The van der Waals surface area contributed by atoms with E-state index in [1.54, 1.807) is 0 Å². The molecule has 0 fully saturated rings. The molecule has 0 bridgehead atoms. The summed E-state index contributed by atoms with van der Waals surface area (Å²) in [5, 5.41) is 2.80. The number of anilines is 1. The first kappa shape index (κ1) is 15.1. The van der Waals surface area contributed by atoms with E-state index in [0.29, 0.717) is 11.4 Å². The van der Waals surface area contributed by atoms with Gasteiger partial charge in [-0.05, 0) is 61.9 Å². The molecule has 115 valence electrons. The van der Waals surface area contributed by atoms with Crippen LogP contribution in [0, 0.1) is 19.2 Å². The molecule has 0 atom stereocenters. The van der Waals surface area contributed by atoms with Crippen LogP contribution in [0.15, 0.2) is 18.2 Å². The Kier molecular flexibility index (Phi) is 3.96. The molecule has 0 spiro atoms. The Morgan fingerprint density at radius 3 is 2.91 bits per heavy atom. The van der Waals surface area contributed by atoms with Crippen molar-refractivity contribution in [3.63, 3.8) is 0 Å². The number of fused-ring (bicyclic) bond motifs is 1. The molecule has 1 aliphatic rings. The van der Waals surface area contributed by atoms with Crippen LogP contribution in [-0.2, 0) is 13.5 Å². The molecular weight excluding hydrogens is 303 g/mol. The monoisotopic (exact) mass is 319 g/mol. The van der Waals surface area contributed by atoms with E-state index in [2.05, 4.69) is 11.7 Å². The molecule has 0 saturated heterocycles.